The lowest BCUT2D eigenvalue weighted by atomic mass is 10.1. The molecule has 0 radical (unpaired) electrons. The third kappa shape index (κ3) is 4.17. The van der Waals surface area contributed by atoms with E-state index >= 15 is 0 Å². The molecule has 0 aliphatic heterocycles. The molecule has 4 aromatic rings. The van der Waals surface area contributed by atoms with Crippen LogP contribution in [0.15, 0.2) is 74.3 Å². The van der Waals surface area contributed by atoms with Gasteiger partial charge in [0.2, 0.25) is 11.2 Å². The minimum atomic E-state index is -0.708. The van der Waals surface area contributed by atoms with Gasteiger partial charge >= 0.3 is 6.03 Å². The number of fused-ring (bicyclic) bond motifs is 1. The molecule has 0 aliphatic carbocycles. The highest BCUT2D eigenvalue weighted by atomic mass is 79.9. The molecular formula is C22H15BrN2O6. The van der Waals surface area contributed by atoms with Gasteiger partial charge in [0.05, 0.1) is 5.39 Å². The number of carbonyl (C=O) groups is 1. The molecule has 1 aromatic heterocycles. The third-order valence-corrected chi connectivity index (χ3v) is 4.99. The van der Waals surface area contributed by atoms with E-state index in [1.807, 2.05) is 0 Å². The maximum absolute atomic E-state index is 12.7. The standard InChI is InChI=1S/C22H15BrN2O6/c23-12-2-4-13(5-3-12)24-22(30)25-14-6-8-18-15(10-14)19(28)20(29)21(31-18)11-1-7-16(26)17(27)9-11/h1-10,26-27,29H,(H2,24,25,30). The number of anilines is 2. The molecule has 8 nitrogen and oxygen atoms in total. The Morgan fingerprint density at radius 1 is 0.839 bits per heavy atom. The average Bonchev–Trinajstić information content (AvgIpc) is 2.74. The lowest BCUT2D eigenvalue weighted by molar-refractivity contribution is 0.262. The number of benzene rings is 3. The molecule has 0 saturated heterocycles. The Kier molecular flexibility index (Phi) is 5.26. The summed E-state index contributed by atoms with van der Waals surface area (Å²) in [6.45, 7) is 0. The zero-order valence-corrected chi connectivity index (χ0v) is 17.3. The van der Waals surface area contributed by atoms with E-state index in [4.69, 9.17) is 4.42 Å². The van der Waals surface area contributed by atoms with Crippen LogP contribution >= 0.6 is 15.9 Å². The van der Waals surface area contributed by atoms with Crippen molar-refractivity contribution in [1.82, 2.24) is 0 Å². The molecule has 2 amide bonds. The predicted octanol–water partition coefficient (Wildman–Crippen LogP) is 4.98. The maximum atomic E-state index is 12.7. The lowest BCUT2D eigenvalue weighted by Crippen LogP contribution is -2.19. The lowest BCUT2D eigenvalue weighted by Gasteiger charge is -2.10. The predicted molar refractivity (Wildman–Crippen MR) is 120 cm³/mol. The van der Waals surface area contributed by atoms with Crippen molar-refractivity contribution in [3.05, 3.63) is 75.4 Å². The number of halogens is 1. The second-order valence-electron chi connectivity index (χ2n) is 6.61. The van der Waals surface area contributed by atoms with E-state index in [0.717, 1.165) is 4.47 Å². The summed E-state index contributed by atoms with van der Waals surface area (Å²) in [6.07, 6.45) is 0. The minimum Gasteiger partial charge on any atom is -0.504 e. The molecule has 4 rings (SSSR count). The first-order chi connectivity index (χ1) is 14.8. The SMILES string of the molecule is O=C(Nc1ccc(Br)cc1)Nc1ccc2oc(-c3ccc(O)c(O)c3)c(O)c(=O)c2c1. The van der Waals surface area contributed by atoms with Gasteiger partial charge in [-0.3, -0.25) is 4.79 Å². The molecule has 0 unspecified atom stereocenters. The number of amides is 2. The Hall–Kier alpha value is -3.98. The van der Waals surface area contributed by atoms with E-state index in [1.54, 1.807) is 30.3 Å². The summed E-state index contributed by atoms with van der Waals surface area (Å²) < 4.78 is 6.52. The number of aromatic hydroxyl groups is 3. The van der Waals surface area contributed by atoms with E-state index in [1.165, 1.54) is 30.3 Å². The number of nitrogens with one attached hydrogen (secondary N) is 2. The monoisotopic (exact) mass is 482 g/mol. The van der Waals surface area contributed by atoms with Crippen LogP contribution in [0.5, 0.6) is 17.2 Å². The first-order valence-corrected chi connectivity index (χ1v) is 9.77. The zero-order chi connectivity index (χ0) is 22.1. The van der Waals surface area contributed by atoms with Crippen LogP contribution in [0, 0.1) is 0 Å². The summed E-state index contributed by atoms with van der Waals surface area (Å²) >= 11 is 3.32. The van der Waals surface area contributed by atoms with Crippen molar-refractivity contribution in [1.29, 1.82) is 0 Å². The van der Waals surface area contributed by atoms with Gasteiger partial charge in [-0.1, -0.05) is 15.9 Å². The van der Waals surface area contributed by atoms with Gasteiger partial charge < -0.3 is 30.4 Å². The fraction of sp³-hybridized carbons (Fsp3) is 0. The molecule has 5 N–H and O–H groups in total. The van der Waals surface area contributed by atoms with Crippen LogP contribution in [0.25, 0.3) is 22.3 Å². The average molecular weight is 483 g/mol. The highest BCUT2D eigenvalue weighted by Gasteiger charge is 2.17. The Morgan fingerprint density at radius 3 is 2.23 bits per heavy atom. The Labute approximate surface area is 183 Å². The Balaban J connectivity index is 1.64. The molecule has 31 heavy (non-hydrogen) atoms. The number of carbonyl (C=O) groups excluding carboxylic acids is 1. The van der Waals surface area contributed by atoms with Crippen LogP contribution in [0.2, 0.25) is 0 Å². The first-order valence-electron chi connectivity index (χ1n) is 8.97. The molecule has 0 saturated carbocycles. The molecular weight excluding hydrogens is 468 g/mol. The van der Waals surface area contributed by atoms with Crippen LogP contribution in [0.3, 0.4) is 0 Å². The van der Waals surface area contributed by atoms with Gasteiger partial charge in [0.25, 0.3) is 0 Å². The van der Waals surface area contributed by atoms with Crippen molar-refractivity contribution in [2.45, 2.75) is 0 Å². The fourth-order valence-corrected chi connectivity index (χ4v) is 3.21. The van der Waals surface area contributed by atoms with Gasteiger partial charge in [-0.25, -0.2) is 4.79 Å². The molecule has 0 spiro atoms. The fourth-order valence-electron chi connectivity index (χ4n) is 2.95. The van der Waals surface area contributed by atoms with Gasteiger partial charge in [-0.2, -0.15) is 0 Å². The van der Waals surface area contributed by atoms with Gasteiger partial charge in [0.15, 0.2) is 17.3 Å². The van der Waals surface area contributed by atoms with Crippen LogP contribution in [0.1, 0.15) is 0 Å². The second-order valence-corrected chi connectivity index (χ2v) is 7.53. The van der Waals surface area contributed by atoms with Crippen molar-refractivity contribution in [2.75, 3.05) is 10.6 Å². The van der Waals surface area contributed by atoms with E-state index < -0.39 is 23.0 Å². The van der Waals surface area contributed by atoms with Crippen molar-refractivity contribution in [2.24, 2.45) is 0 Å². The summed E-state index contributed by atoms with van der Waals surface area (Å²) in [5.41, 5.74) is 0.581. The zero-order valence-electron chi connectivity index (χ0n) is 15.7. The quantitative estimate of drug-likeness (QED) is 0.261. The largest absolute Gasteiger partial charge is 0.504 e. The molecule has 156 valence electrons. The van der Waals surface area contributed by atoms with E-state index in [0.29, 0.717) is 11.4 Å². The third-order valence-electron chi connectivity index (χ3n) is 4.46. The summed E-state index contributed by atoms with van der Waals surface area (Å²) in [5, 5.41) is 34.8. The molecule has 9 heteroatoms. The van der Waals surface area contributed by atoms with Crippen LogP contribution in [0.4, 0.5) is 16.2 Å². The summed E-state index contributed by atoms with van der Waals surface area (Å²) in [5.74, 6) is -1.57. The summed E-state index contributed by atoms with van der Waals surface area (Å²) in [4.78, 5) is 24.9. The van der Waals surface area contributed by atoms with Crippen LogP contribution in [-0.2, 0) is 0 Å². The highest BCUT2D eigenvalue weighted by Crippen LogP contribution is 2.35. The molecule has 0 aliphatic rings. The number of hydrogen-bond donors (Lipinski definition) is 5. The van der Waals surface area contributed by atoms with Crippen molar-refractivity contribution >= 4 is 44.3 Å². The first kappa shape index (κ1) is 20.3. The summed E-state index contributed by atoms with van der Waals surface area (Å²) in [6, 6.07) is 14.7. The van der Waals surface area contributed by atoms with Crippen LogP contribution in [-0.4, -0.2) is 21.4 Å². The number of phenolic OH excluding ortho intramolecular Hbond substituents is 2. The van der Waals surface area contributed by atoms with E-state index in [9.17, 15) is 24.9 Å². The molecule has 1 heterocycles. The van der Waals surface area contributed by atoms with Gasteiger partial charge in [-0.05, 0) is 60.7 Å². The molecule has 3 aromatic carbocycles. The van der Waals surface area contributed by atoms with Crippen molar-refractivity contribution < 1.29 is 24.5 Å². The van der Waals surface area contributed by atoms with Crippen molar-refractivity contribution in [3.8, 4) is 28.6 Å². The highest BCUT2D eigenvalue weighted by molar-refractivity contribution is 9.10. The maximum Gasteiger partial charge on any atom is 0.323 e. The number of rotatable bonds is 3. The number of urea groups is 1. The van der Waals surface area contributed by atoms with Gasteiger partial charge in [0.1, 0.15) is 5.58 Å². The number of hydrogen-bond acceptors (Lipinski definition) is 6. The topological polar surface area (TPSA) is 132 Å². The number of phenols is 2. The summed E-state index contributed by atoms with van der Waals surface area (Å²) in [7, 11) is 0. The Morgan fingerprint density at radius 2 is 1.52 bits per heavy atom. The Bertz CT molecular complexity index is 1370. The van der Waals surface area contributed by atoms with E-state index in [-0.39, 0.29) is 28.0 Å². The van der Waals surface area contributed by atoms with Gasteiger partial charge in [-0.15, -0.1) is 0 Å². The second kappa shape index (κ2) is 8.04. The molecule has 0 fully saturated rings. The smallest absolute Gasteiger partial charge is 0.323 e. The normalized spacial score (nSPS) is 10.7. The van der Waals surface area contributed by atoms with Crippen LogP contribution < -0.4 is 16.1 Å². The van der Waals surface area contributed by atoms with E-state index in [2.05, 4.69) is 26.6 Å². The van der Waals surface area contributed by atoms with Crippen molar-refractivity contribution in [3.63, 3.8) is 0 Å². The van der Waals surface area contributed by atoms with Gasteiger partial charge in [0, 0.05) is 21.4 Å². The molecule has 0 atom stereocenters. The minimum absolute atomic E-state index is 0.0608. The molecule has 0 bridgehead atoms.